The van der Waals surface area contributed by atoms with Gasteiger partial charge in [0.2, 0.25) is 0 Å². The standard InChI is InChI=1S/C29H43FO/c1-6-29(31,7-2)20-9-11-21(3)25-17-18-26-24(13-10-19-28(25,26)5)16-15-23-12-8-14-27(30)22(23)4/h9,15-17,20-21,26-27,31H,4,6-8,10-14,18-19H2,1-3,5H3/b20-9+,23-15-,24-16+/t21?,26?,27-,28?/m0/s1. The van der Waals surface area contributed by atoms with Gasteiger partial charge < -0.3 is 5.11 Å². The summed E-state index contributed by atoms with van der Waals surface area (Å²) in [5.41, 5.74) is 4.52. The van der Waals surface area contributed by atoms with Gasteiger partial charge in [-0.25, -0.2) is 4.39 Å². The van der Waals surface area contributed by atoms with E-state index in [9.17, 15) is 9.50 Å². The lowest BCUT2D eigenvalue weighted by atomic mass is 9.62. The first kappa shape index (κ1) is 24.2. The van der Waals surface area contributed by atoms with Crippen LogP contribution in [0.1, 0.15) is 91.9 Å². The molecule has 0 aromatic rings. The van der Waals surface area contributed by atoms with Gasteiger partial charge in [-0.1, -0.05) is 75.8 Å². The maximum atomic E-state index is 14.0. The lowest BCUT2D eigenvalue weighted by Crippen LogP contribution is -2.32. The Labute approximate surface area is 189 Å². The SMILES string of the molecule is C=C1/C(=C\C=C2/CCCC3(C)C(C(C)C/C=C/C(O)(CC)CC)=CCC23)CCC[C@@H]1F. The summed E-state index contributed by atoms with van der Waals surface area (Å²) in [7, 11) is 0. The highest BCUT2D eigenvalue weighted by Crippen LogP contribution is 2.57. The summed E-state index contributed by atoms with van der Waals surface area (Å²) in [6.45, 7) is 12.9. The molecule has 0 bridgehead atoms. The molecule has 0 saturated heterocycles. The number of halogens is 1. The first-order valence-corrected chi connectivity index (χ1v) is 12.6. The van der Waals surface area contributed by atoms with E-state index in [2.05, 4.69) is 44.7 Å². The van der Waals surface area contributed by atoms with Crippen LogP contribution in [0.3, 0.4) is 0 Å². The first-order valence-electron chi connectivity index (χ1n) is 12.6. The van der Waals surface area contributed by atoms with Crippen LogP contribution in [0.25, 0.3) is 0 Å². The Morgan fingerprint density at radius 3 is 2.71 bits per heavy atom. The summed E-state index contributed by atoms with van der Waals surface area (Å²) in [4.78, 5) is 0. The summed E-state index contributed by atoms with van der Waals surface area (Å²) in [6, 6.07) is 0. The van der Waals surface area contributed by atoms with Crippen LogP contribution in [0.4, 0.5) is 4.39 Å². The molecule has 2 fully saturated rings. The van der Waals surface area contributed by atoms with Gasteiger partial charge in [0.1, 0.15) is 6.17 Å². The lowest BCUT2D eigenvalue weighted by molar-refractivity contribution is 0.0824. The fraction of sp³-hybridized carbons (Fsp3) is 0.655. The molecule has 31 heavy (non-hydrogen) atoms. The van der Waals surface area contributed by atoms with Crippen molar-refractivity contribution in [2.24, 2.45) is 17.3 Å². The Morgan fingerprint density at radius 1 is 1.26 bits per heavy atom. The molecule has 0 radical (unpaired) electrons. The first-order chi connectivity index (χ1) is 14.7. The molecule has 4 atom stereocenters. The van der Waals surface area contributed by atoms with Crippen molar-refractivity contribution in [1.29, 1.82) is 0 Å². The quantitative estimate of drug-likeness (QED) is 0.407. The van der Waals surface area contributed by atoms with E-state index in [0.717, 1.165) is 50.5 Å². The highest BCUT2D eigenvalue weighted by Gasteiger charge is 2.45. The van der Waals surface area contributed by atoms with Gasteiger partial charge in [0, 0.05) is 0 Å². The zero-order valence-electron chi connectivity index (χ0n) is 20.2. The molecule has 3 rings (SSSR count). The number of hydrogen-bond donors (Lipinski definition) is 1. The van der Waals surface area contributed by atoms with Crippen molar-refractivity contribution in [2.45, 2.75) is 104 Å². The fourth-order valence-corrected chi connectivity index (χ4v) is 6.13. The fourth-order valence-electron chi connectivity index (χ4n) is 6.13. The maximum absolute atomic E-state index is 14.0. The molecule has 2 saturated carbocycles. The summed E-state index contributed by atoms with van der Waals surface area (Å²) in [6.07, 6.45) is 20.1. The van der Waals surface area contributed by atoms with Crippen LogP contribution < -0.4 is 0 Å². The summed E-state index contributed by atoms with van der Waals surface area (Å²) in [5, 5.41) is 10.5. The van der Waals surface area contributed by atoms with Crippen molar-refractivity contribution in [1.82, 2.24) is 0 Å². The molecule has 3 unspecified atom stereocenters. The number of hydrogen-bond acceptors (Lipinski definition) is 1. The molecule has 0 heterocycles. The molecule has 0 spiro atoms. The van der Waals surface area contributed by atoms with E-state index < -0.39 is 11.8 Å². The van der Waals surface area contributed by atoms with E-state index >= 15 is 0 Å². The average molecular weight is 427 g/mol. The van der Waals surface area contributed by atoms with Crippen LogP contribution >= 0.6 is 0 Å². The van der Waals surface area contributed by atoms with E-state index in [1.54, 1.807) is 5.57 Å². The Kier molecular flexibility index (Phi) is 7.84. The molecule has 172 valence electrons. The van der Waals surface area contributed by atoms with E-state index in [1.165, 1.54) is 18.4 Å². The van der Waals surface area contributed by atoms with Gasteiger partial charge >= 0.3 is 0 Å². The average Bonchev–Trinajstić information content (AvgIpc) is 3.12. The molecular weight excluding hydrogens is 383 g/mol. The number of rotatable bonds is 7. The zero-order valence-corrected chi connectivity index (χ0v) is 20.2. The van der Waals surface area contributed by atoms with Crippen molar-refractivity contribution in [3.8, 4) is 0 Å². The molecule has 3 aliphatic rings. The van der Waals surface area contributed by atoms with Gasteiger partial charge in [-0.2, -0.15) is 0 Å². The topological polar surface area (TPSA) is 20.2 Å². The van der Waals surface area contributed by atoms with Gasteiger partial charge in [-0.05, 0) is 92.6 Å². The summed E-state index contributed by atoms with van der Waals surface area (Å²) < 4.78 is 14.0. The monoisotopic (exact) mass is 426 g/mol. The normalized spacial score (nSPS) is 33.2. The van der Waals surface area contributed by atoms with Crippen molar-refractivity contribution in [3.63, 3.8) is 0 Å². The predicted octanol–water partition coefficient (Wildman–Crippen LogP) is 8.19. The second kappa shape index (κ2) is 10.0. The van der Waals surface area contributed by atoms with Crippen LogP contribution in [0, 0.1) is 17.3 Å². The van der Waals surface area contributed by atoms with Gasteiger partial charge in [-0.15, -0.1) is 0 Å². The summed E-state index contributed by atoms with van der Waals surface area (Å²) in [5.74, 6) is 1.06. The number of fused-ring (bicyclic) bond motifs is 1. The minimum atomic E-state index is -0.859. The molecule has 0 amide bonds. The molecule has 1 N–H and O–H groups in total. The molecule has 0 aliphatic heterocycles. The van der Waals surface area contributed by atoms with Crippen LogP contribution in [0.5, 0.6) is 0 Å². The van der Waals surface area contributed by atoms with Crippen molar-refractivity contribution >= 4 is 0 Å². The van der Waals surface area contributed by atoms with E-state index in [4.69, 9.17) is 0 Å². The Hall–Kier alpha value is -1.41. The highest BCUT2D eigenvalue weighted by molar-refractivity contribution is 5.39. The van der Waals surface area contributed by atoms with Gasteiger partial charge in [-0.3, -0.25) is 0 Å². The Balaban J connectivity index is 1.71. The molecule has 3 aliphatic carbocycles. The molecule has 0 aromatic heterocycles. The summed E-state index contributed by atoms with van der Waals surface area (Å²) >= 11 is 0. The largest absolute Gasteiger partial charge is 0.386 e. The number of alkyl halides is 1. The van der Waals surface area contributed by atoms with Crippen LogP contribution in [-0.2, 0) is 0 Å². The van der Waals surface area contributed by atoms with Gasteiger partial charge in [0.15, 0.2) is 0 Å². The molecular formula is C29H43FO. The Morgan fingerprint density at radius 2 is 2.00 bits per heavy atom. The zero-order chi connectivity index (χ0) is 22.6. The number of allylic oxidation sites excluding steroid dienone is 8. The van der Waals surface area contributed by atoms with Crippen LogP contribution in [0.2, 0.25) is 0 Å². The lowest BCUT2D eigenvalue weighted by Gasteiger charge is -2.42. The minimum absolute atomic E-state index is 0.230. The third-order valence-corrected chi connectivity index (χ3v) is 8.48. The molecule has 2 heteroatoms. The van der Waals surface area contributed by atoms with Crippen molar-refractivity contribution < 1.29 is 9.50 Å². The smallest absolute Gasteiger partial charge is 0.125 e. The van der Waals surface area contributed by atoms with E-state index in [0.29, 0.717) is 23.8 Å². The van der Waals surface area contributed by atoms with Gasteiger partial charge in [0.05, 0.1) is 5.60 Å². The second-order valence-electron chi connectivity index (χ2n) is 10.4. The van der Waals surface area contributed by atoms with Crippen LogP contribution in [-0.4, -0.2) is 16.9 Å². The van der Waals surface area contributed by atoms with Crippen LogP contribution in [0.15, 0.2) is 59.3 Å². The van der Waals surface area contributed by atoms with Crippen molar-refractivity contribution in [3.05, 3.63) is 59.3 Å². The van der Waals surface area contributed by atoms with E-state index in [1.807, 2.05) is 19.9 Å². The number of aliphatic hydroxyl groups is 1. The van der Waals surface area contributed by atoms with E-state index in [-0.39, 0.29) is 5.41 Å². The highest BCUT2D eigenvalue weighted by atomic mass is 19.1. The predicted molar refractivity (Wildman–Crippen MR) is 131 cm³/mol. The van der Waals surface area contributed by atoms with Gasteiger partial charge in [0.25, 0.3) is 0 Å². The maximum Gasteiger partial charge on any atom is 0.125 e. The molecule has 1 nitrogen and oxygen atoms in total. The molecule has 0 aromatic carbocycles. The second-order valence-corrected chi connectivity index (χ2v) is 10.4. The minimum Gasteiger partial charge on any atom is -0.386 e. The van der Waals surface area contributed by atoms with Crippen molar-refractivity contribution in [2.75, 3.05) is 0 Å². The third kappa shape index (κ3) is 5.16. The third-order valence-electron chi connectivity index (χ3n) is 8.48. The Bertz CT molecular complexity index is 779.